The van der Waals surface area contributed by atoms with Crippen molar-refractivity contribution < 1.29 is 0 Å². The van der Waals surface area contributed by atoms with Crippen LogP contribution in [0.3, 0.4) is 0 Å². The predicted molar refractivity (Wildman–Crippen MR) is 40.1 cm³/mol. The minimum atomic E-state index is -0.546. The predicted octanol–water partition coefficient (Wildman–Crippen LogP) is 2.41. The summed E-state index contributed by atoms with van der Waals surface area (Å²) in [7, 11) is 0. The van der Waals surface area contributed by atoms with Gasteiger partial charge in [0.2, 0.25) is 0 Å². The maximum atomic E-state index is 3.49. The van der Waals surface area contributed by atoms with E-state index in [1.54, 1.807) is 0 Å². The molecular formula is C3H8Br2Si. The van der Waals surface area contributed by atoms with E-state index in [1.807, 2.05) is 0 Å². The first-order chi connectivity index (χ1) is 2.77. The van der Waals surface area contributed by atoms with Crippen LogP contribution >= 0.6 is 30.6 Å². The van der Waals surface area contributed by atoms with Gasteiger partial charge in [-0.15, -0.1) is 30.6 Å². The molecule has 6 heavy (non-hydrogen) atoms. The number of halogens is 2. The van der Waals surface area contributed by atoms with Crippen molar-refractivity contribution in [2.24, 2.45) is 0 Å². The van der Waals surface area contributed by atoms with Gasteiger partial charge in [-0.2, -0.15) is 0 Å². The molecule has 0 atom stereocenters. The Hall–Kier alpha value is 1.18. The van der Waals surface area contributed by atoms with Gasteiger partial charge in [0.25, 0.3) is 0 Å². The summed E-state index contributed by atoms with van der Waals surface area (Å²) < 4.78 is 0. The second-order valence-electron chi connectivity index (χ2n) is 1.18. The van der Waals surface area contributed by atoms with E-state index in [0.29, 0.717) is 0 Å². The Morgan fingerprint density at radius 1 is 1.50 bits per heavy atom. The van der Waals surface area contributed by atoms with Crippen LogP contribution in [0.5, 0.6) is 0 Å². The molecule has 0 saturated carbocycles. The molecule has 0 heterocycles. The Morgan fingerprint density at radius 2 is 2.00 bits per heavy atom. The number of hydrogen-bond acceptors (Lipinski definition) is 0. The Balaban J connectivity index is 2.63. The van der Waals surface area contributed by atoms with Crippen molar-refractivity contribution >= 4 is 36.6 Å². The van der Waals surface area contributed by atoms with Crippen LogP contribution in [0.2, 0.25) is 6.04 Å². The summed E-state index contributed by atoms with van der Waals surface area (Å²) in [6, 6.07) is 0.802. The second kappa shape index (κ2) is 4.34. The summed E-state index contributed by atoms with van der Waals surface area (Å²) >= 11 is 6.98. The van der Waals surface area contributed by atoms with Gasteiger partial charge < -0.3 is 0 Å². The lowest BCUT2D eigenvalue weighted by Gasteiger charge is -1.88. The van der Waals surface area contributed by atoms with Crippen molar-refractivity contribution in [3.63, 3.8) is 0 Å². The fourth-order valence-corrected chi connectivity index (χ4v) is 3.40. The van der Waals surface area contributed by atoms with E-state index in [2.05, 4.69) is 37.5 Å². The highest BCUT2D eigenvalue weighted by Gasteiger charge is 1.93. The summed E-state index contributed by atoms with van der Waals surface area (Å²) in [6.07, 6.45) is 1.30. The van der Waals surface area contributed by atoms with Crippen LogP contribution in [0.15, 0.2) is 0 Å². The molecule has 0 spiro atoms. The Kier molecular flexibility index (Phi) is 5.19. The van der Waals surface area contributed by atoms with Gasteiger partial charge in [0.1, 0.15) is 0 Å². The van der Waals surface area contributed by atoms with Crippen molar-refractivity contribution in [2.75, 3.05) is 0 Å². The standard InChI is InChI=1S/C3H8Br2Si/c1-2-3-6(4)5/h6H,2-3H2,1H3. The number of rotatable bonds is 2. The van der Waals surface area contributed by atoms with E-state index in [9.17, 15) is 0 Å². The average molecular weight is 232 g/mol. The van der Waals surface area contributed by atoms with Gasteiger partial charge in [0.05, 0.1) is 0 Å². The summed E-state index contributed by atoms with van der Waals surface area (Å²) in [5.41, 5.74) is 0. The van der Waals surface area contributed by atoms with Gasteiger partial charge in [-0.25, -0.2) is 0 Å². The Labute approximate surface area is 56.1 Å². The molecule has 0 saturated heterocycles. The van der Waals surface area contributed by atoms with E-state index in [4.69, 9.17) is 0 Å². The molecule has 0 aliphatic heterocycles. The zero-order valence-corrected chi connectivity index (χ0v) is 8.07. The van der Waals surface area contributed by atoms with Crippen molar-refractivity contribution in [1.82, 2.24) is 0 Å². The molecule has 0 amide bonds. The van der Waals surface area contributed by atoms with E-state index >= 15 is 0 Å². The zero-order valence-electron chi connectivity index (χ0n) is 3.75. The van der Waals surface area contributed by atoms with Crippen LogP contribution in [0, 0.1) is 0 Å². The molecule has 0 aromatic heterocycles. The molecule has 38 valence electrons. The molecule has 0 bridgehead atoms. The third-order valence-corrected chi connectivity index (χ3v) is 4.27. The Morgan fingerprint density at radius 3 is 2.00 bits per heavy atom. The molecule has 0 aromatic rings. The van der Waals surface area contributed by atoms with Crippen molar-refractivity contribution in [3.8, 4) is 0 Å². The molecule has 0 nitrogen and oxygen atoms in total. The number of hydrogen-bond donors (Lipinski definition) is 0. The summed E-state index contributed by atoms with van der Waals surface area (Å²) in [5, 5.41) is 0. The lowest BCUT2D eigenvalue weighted by molar-refractivity contribution is 1.08. The molecule has 0 aliphatic rings. The second-order valence-corrected chi connectivity index (χ2v) is 12.9. The van der Waals surface area contributed by atoms with Crippen LogP contribution in [0.4, 0.5) is 0 Å². The summed E-state index contributed by atoms with van der Waals surface area (Å²) in [6.45, 7) is 2.20. The van der Waals surface area contributed by atoms with E-state index in [0.717, 1.165) is 0 Å². The van der Waals surface area contributed by atoms with Crippen molar-refractivity contribution in [3.05, 3.63) is 0 Å². The Bertz CT molecular complexity index is 30.0. The molecule has 3 heteroatoms. The maximum absolute atomic E-state index is 3.49. The van der Waals surface area contributed by atoms with Crippen LogP contribution in [-0.4, -0.2) is 6.04 Å². The maximum Gasteiger partial charge on any atom is 0.186 e. The highest BCUT2D eigenvalue weighted by Crippen LogP contribution is 2.09. The third kappa shape index (κ3) is 5.18. The highest BCUT2D eigenvalue weighted by molar-refractivity contribution is 9.49. The minimum Gasteiger partial charge on any atom is -0.116 e. The molecule has 0 aliphatic carbocycles. The van der Waals surface area contributed by atoms with Crippen molar-refractivity contribution in [1.29, 1.82) is 0 Å². The van der Waals surface area contributed by atoms with Gasteiger partial charge in [-0.05, 0) is 6.04 Å². The van der Waals surface area contributed by atoms with Crippen LogP contribution in [0.25, 0.3) is 0 Å². The minimum absolute atomic E-state index is 0.546. The van der Waals surface area contributed by atoms with Crippen LogP contribution in [0.1, 0.15) is 13.3 Å². The molecule has 0 fully saturated rings. The lowest BCUT2D eigenvalue weighted by Crippen LogP contribution is -1.84. The third-order valence-electron chi connectivity index (χ3n) is 0.507. The first-order valence-electron chi connectivity index (χ1n) is 2.05. The first-order valence-corrected chi connectivity index (χ1v) is 9.24. The summed E-state index contributed by atoms with van der Waals surface area (Å²) in [5.74, 6) is 0. The monoisotopic (exact) mass is 230 g/mol. The van der Waals surface area contributed by atoms with Gasteiger partial charge in [0, 0.05) is 0 Å². The zero-order chi connectivity index (χ0) is 4.99. The van der Waals surface area contributed by atoms with Gasteiger partial charge in [-0.1, -0.05) is 13.3 Å². The van der Waals surface area contributed by atoms with Gasteiger partial charge >= 0.3 is 0 Å². The van der Waals surface area contributed by atoms with Gasteiger partial charge in [-0.3, -0.25) is 0 Å². The fraction of sp³-hybridized carbons (Fsp3) is 1.00. The normalized spacial score (nSPS) is 10.0. The first kappa shape index (κ1) is 7.18. The molecule has 0 radical (unpaired) electrons. The quantitative estimate of drug-likeness (QED) is 0.506. The fourth-order valence-electron chi connectivity index (χ4n) is 0.218. The molecule has 0 N–H and O–H groups in total. The molecule has 0 rings (SSSR count). The molecular weight excluding hydrogens is 224 g/mol. The van der Waals surface area contributed by atoms with E-state index in [1.165, 1.54) is 12.5 Å². The van der Waals surface area contributed by atoms with Crippen LogP contribution < -0.4 is 0 Å². The molecule has 0 unspecified atom stereocenters. The highest BCUT2D eigenvalue weighted by atomic mass is 79.9. The van der Waals surface area contributed by atoms with Gasteiger partial charge in [0.15, 0.2) is 6.04 Å². The molecule has 0 aromatic carbocycles. The SMILES string of the molecule is CCC[SiH](Br)Br. The van der Waals surface area contributed by atoms with Crippen molar-refractivity contribution in [2.45, 2.75) is 19.4 Å². The van der Waals surface area contributed by atoms with E-state index in [-0.39, 0.29) is 0 Å². The topological polar surface area (TPSA) is 0 Å². The van der Waals surface area contributed by atoms with Crippen LogP contribution in [-0.2, 0) is 0 Å². The lowest BCUT2D eigenvalue weighted by atomic mass is 10.6. The largest absolute Gasteiger partial charge is 0.186 e. The average Bonchev–Trinajstić information content (AvgIpc) is 1.35. The van der Waals surface area contributed by atoms with E-state index < -0.39 is 6.04 Å². The summed E-state index contributed by atoms with van der Waals surface area (Å²) in [4.78, 5) is 0. The smallest absolute Gasteiger partial charge is 0.116 e.